The Kier molecular flexibility index (Phi) is 2.40. The first-order chi connectivity index (χ1) is 7.09. The molecule has 0 aliphatic heterocycles. The van der Waals surface area contributed by atoms with Crippen molar-refractivity contribution < 1.29 is 4.39 Å². The highest BCUT2D eigenvalue weighted by atomic mass is 35.5. The van der Waals surface area contributed by atoms with Crippen molar-refractivity contribution in [3.05, 3.63) is 29.3 Å². The highest BCUT2D eigenvalue weighted by molar-refractivity contribution is 6.29. The minimum Gasteiger partial charge on any atom is -0.330 e. The van der Waals surface area contributed by atoms with Gasteiger partial charge in [0.25, 0.3) is 0 Å². The third kappa shape index (κ3) is 1.70. The van der Waals surface area contributed by atoms with Gasteiger partial charge in [-0.1, -0.05) is 11.6 Å². The molecule has 4 nitrogen and oxygen atoms in total. The SMILES string of the molecule is Cc1ncc(-c2nc(Cl)cnc2F)n1C. The molecule has 0 aliphatic rings. The Labute approximate surface area is 90.8 Å². The Morgan fingerprint density at radius 1 is 1.33 bits per heavy atom. The lowest BCUT2D eigenvalue weighted by Gasteiger charge is -2.03. The van der Waals surface area contributed by atoms with Gasteiger partial charge in [-0.25, -0.2) is 15.0 Å². The molecule has 2 aromatic rings. The highest BCUT2D eigenvalue weighted by Crippen LogP contribution is 2.20. The fraction of sp³-hybridized carbons (Fsp3) is 0.222. The van der Waals surface area contributed by atoms with E-state index in [-0.39, 0.29) is 10.8 Å². The molecule has 2 heterocycles. The minimum absolute atomic E-state index is 0.116. The monoisotopic (exact) mass is 226 g/mol. The zero-order valence-corrected chi connectivity index (χ0v) is 8.96. The second kappa shape index (κ2) is 3.58. The molecule has 0 unspecified atom stereocenters. The molecule has 0 bridgehead atoms. The zero-order chi connectivity index (χ0) is 11.0. The molecular weight excluding hydrogens is 219 g/mol. The Bertz CT molecular complexity index is 509. The van der Waals surface area contributed by atoms with Crippen molar-refractivity contribution in [2.24, 2.45) is 7.05 Å². The standard InChI is InChI=1S/C9H8ClFN4/c1-5-12-3-6(15(5)2)8-9(11)13-4-7(10)14-8/h3-4H,1-2H3. The van der Waals surface area contributed by atoms with E-state index in [0.717, 1.165) is 5.82 Å². The van der Waals surface area contributed by atoms with E-state index in [9.17, 15) is 4.39 Å². The van der Waals surface area contributed by atoms with E-state index < -0.39 is 5.95 Å². The summed E-state index contributed by atoms with van der Waals surface area (Å²) in [6.45, 7) is 1.82. The van der Waals surface area contributed by atoms with Crippen LogP contribution >= 0.6 is 11.6 Å². The van der Waals surface area contributed by atoms with Crippen molar-refractivity contribution in [2.45, 2.75) is 6.92 Å². The smallest absolute Gasteiger partial charge is 0.241 e. The summed E-state index contributed by atoms with van der Waals surface area (Å²) in [5.41, 5.74) is 0.672. The summed E-state index contributed by atoms with van der Waals surface area (Å²) in [5.74, 6) is 0.119. The molecule has 0 radical (unpaired) electrons. The lowest BCUT2D eigenvalue weighted by Crippen LogP contribution is -1.99. The first-order valence-corrected chi connectivity index (χ1v) is 4.64. The average Bonchev–Trinajstić information content (AvgIpc) is 2.52. The Morgan fingerprint density at radius 3 is 2.67 bits per heavy atom. The van der Waals surface area contributed by atoms with Gasteiger partial charge in [-0.2, -0.15) is 4.39 Å². The Hall–Kier alpha value is -1.49. The molecule has 0 amide bonds. The Morgan fingerprint density at radius 2 is 2.07 bits per heavy atom. The maximum absolute atomic E-state index is 13.4. The quantitative estimate of drug-likeness (QED) is 0.747. The fourth-order valence-corrected chi connectivity index (χ4v) is 1.37. The highest BCUT2D eigenvalue weighted by Gasteiger charge is 2.13. The zero-order valence-electron chi connectivity index (χ0n) is 8.20. The lowest BCUT2D eigenvalue weighted by molar-refractivity contribution is 0.579. The molecule has 78 valence electrons. The molecule has 2 aromatic heterocycles. The van der Waals surface area contributed by atoms with Crippen LogP contribution in [0.4, 0.5) is 4.39 Å². The summed E-state index contributed by atoms with van der Waals surface area (Å²) >= 11 is 5.66. The van der Waals surface area contributed by atoms with Crippen LogP contribution in [0.15, 0.2) is 12.4 Å². The molecule has 0 saturated carbocycles. The van der Waals surface area contributed by atoms with Crippen LogP contribution in [-0.4, -0.2) is 19.5 Å². The van der Waals surface area contributed by atoms with Gasteiger partial charge in [0.2, 0.25) is 5.95 Å². The molecule has 0 saturated heterocycles. The number of hydrogen-bond donors (Lipinski definition) is 0. The van der Waals surface area contributed by atoms with Gasteiger partial charge >= 0.3 is 0 Å². The lowest BCUT2D eigenvalue weighted by atomic mass is 10.3. The van der Waals surface area contributed by atoms with Crippen molar-refractivity contribution in [1.29, 1.82) is 0 Å². The second-order valence-electron chi connectivity index (χ2n) is 3.08. The van der Waals surface area contributed by atoms with E-state index in [1.165, 1.54) is 6.20 Å². The van der Waals surface area contributed by atoms with Crippen LogP contribution in [0, 0.1) is 12.9 Å². The first kappa shape index (κ1) is 10.0. The molecule has 2 rings (SSSR count). The molecule has 0 atom stereocenters. The van der Waals surface area contributed by atoms with Gasteiger partial charge in [0.15, 0.2) is 0 Å². The van der Waals surface area contributed by atoms with Gasteiger partial charge in [-0.05, 0) is 6.92 Å². The molecule has 0 spiro atoms. The number of nitrogens with zero attached hydrogens (tertiary/aromatic N) is 4. The van der Waals surface area contributed by atoms with Crippen molar-refractivity contribution >= 4 is 11.6 Å². The summed E-state index contributed by atoms with van der Waals surface area (Å²) in [6.07, 6.45) is 2.71. The Balaban J connectivity index is 2.63. The third-order valence-electron chi connectivity index (χ3n) is 2.16. The van der Waals surface area contributed by atoms with Gasteiger partial charge in [-0.3, -0.25) is 0 Å². The van der Waals surface area contributed by atoms with Crippen LogP contribution < -0.4 is 0 Å². The van der Waals surface area contributed by atoms with Gasteiger partial charge in [-0.15, -0.1) is 0 Å². The van der Waals surface area contributed by atoms with Gasteiger partial charge in [0, 0.05) is 7.05 Å². The third-order valence-corrected chi connectivity index (χ3v) is 2.34. The molecule has 0 aliphatic carbocycles. The van der Waals surface area contributed by atoms with Gasteiger partial charge in [0.1, 0.15) is 16.7 Å². The topological polar surface area (TPSA) is 43.6 Å². The predicted molar refractivity (Wildman–Crippen MR) is 53.9 cm³/mol. The molecular formula is C9H8ClFN4. The average molecular weight is 227 g/mol. The maximum Gasteiger partial charge on any atom is 0.241 e. The second-order valence-corrected chi connectivity index (χ2v) is 3.47. The van der Waals surface area contributed by atoms with Crippen molar-refractivity contribution in [3.8, 4) is 11.4 Å². The van der Waals surface area contributed by atoms with E-state index in [2.05, 4.69) is 15.0 Å². The normalized spacial score (nSPS) is 10.7. The first-order valence-electron chi connectivity index (χ1n) is 4.26. The van der Waals surface area contributed by atoms with Crippen LogP contribution in [0.3, 0.4) is 0 Å². The van der Waals surface area contributed by atoms with E-state index in [1.54, 1.807) is 17.8 Å². The molecule has 15 heavy (non-hydrogen) atoms. The molecule has 0 fully saturated rings. The van der Waals surface area contributed by atoms with Crippen molar-refractivity contribution in [3.63, 3.8) is 0 Å². The summed E-state index contributed by atoms with van der Waals surface area (Å²) in [4.78, 5) is 11.4. The van der Waals surface area contributed by atoms with Gasteiger partial charge in [0.05, 0.1) is 18.1 Å². The van der Waals surface area contributed by atoms with E-state index in [1.807, 2.05) is 6.92 Å². The maximum atomic E-state index is 13.4. The van der Waals surface area contributed by atoms with Gasteiger partial charge < -0.3 is 4.57 Å². The summed E-state index contributed by atoms with van der Waals surface area (Å²) in [5, 5.41) is 0.158. The van der Waals surface area contributed by atoms with E-state index >= 15 is 0 Å². The van der Waals surface area contributed by atoms with E-state index in [0.29, 0.717) is 5.69 Å². The number of aryl methyl sites for hydroxylation is 1. The van der Waals surface area contributed by atoms with Crippen LogP contribution in [0.2, 0.25) is 5.15 Å². The molecule has 6 heteroatoms. The predicted octanol–water partition coefficient (Wildman–Crippen LogP) is 1.98. The number of halogens is 2. The minimum atomic E-state index is -0.651. The number of aromatic nitrogens is 4. The largest absolute Gasteiger partial charge is 0.330 e. The molecule has 0 aromatic carbocycles. The number of rotatable bonds is 1. The van der Waals surface area contributed by atoms with Crippen LogP contribution in [0.5, 0.6) is 0 Å². The van der Waals surface area contributed by atoms with Crippen molar-refractivity contribution in [2.75, 3.05) is 0 Å². The number of hydrogen-bond acceptors (Lipinski definition) is 3. The van der Waals surface area contributed by atoms with Crippen LogP contribution in [0.25, 0.3) is 11.4 Å². The van der Waals surface area contributed by atoms with Crippen LogP contribution in [0.1, 0.15) is 5.82 Å². The summed E-state index contributed by atoms with van der Waals surface area (Å²) in [7, 11) is 1.78. The van der Waals surface area contributed by atoms with E-state index in [4.69, 9.17) is 11.6 Å². The molecule has 0 N–H and O–H groups in total. The summed E-state index contributed by atoms with van der Waals surface area (Å²) in [6, 6.07) is 0. The number of imidazole rings is 1. The fourth-order valence-electron chi connectivity index (χ4n) is 1.24. The van der Waals surface area contributed by atoms with Crippen LogP contribution in [-0.2, 0) is 7.05 Å². The summed E-state index contributed by atoms with van der Waals surface area (Å²) < 4.78 is 15.1. The van der Waals surface area contributed by atoms with Crippen molar-refractivity contribution in [1.82, 2.24) is 19.5 Å².